The number of ketones is 1. The molecule has 0 radical (unpaired) electrons. The third-order valence-electron chi connectivity index (χ3n) is 4.98. The largest absolute Gasteiger partial charge is 0.454 e. The van der Waals surface area contributed by atoms with Gasteiger partial charge in [0.1, 0.15) is 10.6 Å². The molecule has 31 heavy (non-hydrogen) atoms. The minimum Gasteiger partial charge on any atom is -0.454 e. The number of aryl methyl sites for hydroxylation is 1. The molecule has 1 amide bonds. The number of aromatic nitrogens is 2. The van der Waals surface area contributed by atoms with Crippen molar-refractivity contribution in [1.82, 2.24) is 9.78 Å². The van der Waals surface area contributed by atoms with E-state index in [-0.39, 0.29) is 24.3 Å². The number of nitrogens with one attached hydrogen (secondary N) is 1. The van der Waals surface area contributed by atoms with Gasteiger partial charge >= 0.3 is 0 Å². The molecule has 2 aromatic carbocycles. The van der Waals surface area contributed by atoms with Crippen LogP contribution in [0.1, 0.15) is 32.6 Å². The fraction of sp³-hybridized carbons (Fsp3) is 0.136. The highest BCUT2D eigenvalue weighted by Gasteiger charge is 2.22. The van der Waals surface area contributed by atoms with Crippen LogP contribution in [0, 0.1) is 12.7 Å². The molecule has 0 bridgehead atoms. The summed E-state index contributed by atoms with van der Waals surface area (Å²) in [5.41, 5.74) is 2.15. The van der Waals surface area contributed by atoms with Gasteiger partial charge in [0.2, 0.25) is 6.79 Å². The standard InChI is InChI=1S/C22H16FN3O4S/c1-11-15-8-20(31-22(15)26(25-11)14-5-3-13(23)4-6-14)21(28)24-17-9-19-18(29-10-30-19)7-16(17)12(2)27/h3-9H,10H2,1-2H3,(H,24,28). The number of carbonyl (C=O) groups is 2. The van der Waals surface area contributed by atoms with Gasteiger partial charge in [0.05, 0.1) is 21.9 Å². The summed E-state index contributed by atoms with van der Waals surface area (Å²) in [5.74, 6) is 0.0555. The number of amides is 1. The van der Waals surface area contributed by atoms with Crippen molar-refractivity contribution >= 4 is 38.9 Å². The van der Waals surface area contributed by atoms with Crippen molar-refractivity contribution in [2.75, 3.05) is 12.1 Å². The molecule has 9 heteroatoms. The normalized spacial score (nSPS) is 12.4. The molecule has 3 heterocycles. The first-order valence-electron chi connectivity index (χ1n) is 9.42. The average molecular weight is 437 g/mol. The molecule has 5 rings (SSSR count). The molecule has 0 atom stereocenters. The average Bonchev–Trinajstić information content (AvgIpc) is 3.44. The van der Waals surface area contributed by atoms with Crippen LogP contribution in [0.3, 0.4) is 0 Å². The monoisotopic (exact) mass is 437 g/mol. The number of rotatable bonds is 4. The number of hydrogen-bond acceptors (Lipinski definition) is 6. The number of halogens is 1. The highest BCUT2D eigenvalue weighted by Crippen LogP contribution is 2.38. The van der Waals surface area contributed by atoms with Crippen molar-refractivity contribution in [3.05, 3.63) is 64.4 Å². The number of benzene rings is 2. The summed E-state index contributed by atoms with van der Waals surface area (Å²) >= 11 is 1.26. The van der Waals surface area contributed by atoms with Crippen LogP contribution in [0.25, 0.3) is 15.9 Å². The Morgan fingerprint density at radius 2 is 1.84 bits per heavy atom. The van der Waals surface area contributed by atoms with E-state index in [0.717, 1.165) is 15.9 Å². The van der Waals surface area contributed by atoms with Gasteiger partial charge < -0.3 is 14.8 Å². The number of hydrogen-bond donors (Lipinski definition) is 1. The maximum atomic E-state index is 13.3. The van der Waals surface area contributed by atoms with E-state index in [1.54, 1.807) is 35.0 Å². The summed E-state index contributed by atoms with van der Waals surface area (Å²) in [6, 6.07) is 10.9. The summed E-state index contributed by atoms with van der Waals surface area (Å²) < 4.78 is 25.7. The molecule has 0 fully saturated rings. The Hall–Kier alpha value is -3.72. The first kappa shape index (κ1) is 19.3. The Bertz CT molecular complexity index is 1360. The maximum Gasteiger partial charge on any atom is 0.265 e. The number of fused-ring (bicyclic) bond motifs is 2. The van der Waals surface area contributed by atoms with E-state index in [0.29, 0.717) is 33.3 Å². The number of thiophene rings is 1. The summed E-state index contributed by atoms with van der Waals surface area (Å²) in [6.45, 7) is 3.34. The zero-order valence-electron chi connectivity index (χ0n) is 16.6. The van der Waals surface area contributed by atoms with E-state index < -0.39 is 0 Å². The van der Waals surface area contributed by atoms with Crippen LogP contribution in [0.4, 0.5) is 10.1 Å². The van der Waals surface area contributed by atoms with Gasteiger partial charge in [-0.05, 0) is 50.2 Å². The molecule has 1 N–H and O–H groups in total. The van der Waals surface area contributed by atoms with Gasteiger partial charge in [0.25, 0.3) is 5.91 Å². The minimum atomic E-state index is -0.354. The molecule has 0 saturated carbocycles. The third-order valence-corrected chi connectivity index (χ3v) is 6.09. The third kappa shape index (κ3) is 3.32. The Balaban J connectivity index is 1.51. The lowest BCUT2D eigenvalue weighted by Gasteiger charge is -2.10. The van der Waals surface area contributed by atoms with Crippen LogP contribution in [-0.2, 0) is 0 Å². The molecule has 0 unspecified atom stereocenters. The predicted octanol–water partition coefficient (Wildman–Crippen LogP) is 4.72. The van der Waals surface area contributed by atoms with Gasteiger partial charge in [0, 0.05) is 17.0 Å². The molecule has 1 aliphatic heterocycles. The molecule has 0 spiro atoms. The number of anilines is 1. The van der Waals surface area contributed by atoms with Crippen LogP contribution >= 0.6 is 11.3 Å². The quantitative estimate of drug-likeness (QED) is 0.467. The molecular weight excluding hydrogens is 421 g/mol. The van der Waals surface area contributed by atoms with E-state index in [4.69, 9.17) is 9.47 Å². The maximum absolute atomic E-state index is 13.3. The van der Waals surface area contributed by atoms with Gasteiger partial charge in [0.15, 0.2) is 17.3 Å². The van der Waals surface area contributed by atoms with Gasteiger partial charge in [-0.15, -0.1) is 11.3 Å². The predicted molar refractivity (Wildman–Crippen MR) is 114 cm³/mol. The van der Waals surface area contributed by atoms with Crippen molar-refractivity contribution in [1.29, 1.82) is 0 Å². The van der Waals surface area contributed by atoms with E-state index in [2.05, 4.69) is 10.4 Å². The molecule has 0 saturated heterocycles. The topological polar surface area (TPSA) is 82.5 Å². The lowest BCUT2D eigenvalue weighted by molar-refractivity contribution is 0.101. The lowest BCUT2D eigenvalue weighted by Crippen LogP contribution is -2.13. The van der Waals surface area contributed by atoms with E-state index in [9.17, 15) is 14.0 Å². The smallest absolute Gasteiger partial charge is 0.265 e. The van der Waals surface area contributed by atoms with Gasteiger partial charge in [-0.1, -0.05) is 0 Å². The fourth-order valence-corrected chi connectivity index (χ4v) is 4.52. The number of nitrogens with zero attached hydrogens (tertiary/aromatic N) is 2. The zero-order valence-corrected chi connectivity index (χ0v) is 17.4. The van der Waals surface area contributed by atoms with E-state index >= 15 is 0 Å². The summed E-state index contributed by atoms with van der Waals surface area (Å²) in [5, 5.41) is 8.15. The van der Waals surface area contributed by atoms with Crippen molar-refractivity contribution in [3.8, 4) is 17.2 Å². The van der Waals surface area contributed by atoms with Gasteiger partial charge in [-0.2, -0.15) is 5.10 Å². The molecular formula is C22H16FN3O4S. The number of carbonyl (C=O) groups excluding carboxylic acids is 2. The van der Waals surface area contributed by atoms with Crippen LogP contribution < -0.4 is 14.8 Å². The molecule has 156 valence electrons. The van der Waals surface area contributed by atoms with Gasteiger partial charge in [-0.25, -0.2) is 9.07 Å². The minimum absolute atomic E-state index is 0.0690. The molecule has 0 aliphatic carbocycles. The zero-order chi connectivity index (χ0) is 21.7. The first-order valence-corrected chi connectivity index (χ1v) is 10.2. The second-order valence-corrected chi connectivity index (χ2v) is 8.10. The van der Waals surface area contributed by atoms with Crippen molar-refractivity contribution < 1.29 is 23.5 Å². The molecule has 7 nitrogen and oxygen atoms in total. The van der Waals surface area contributed by atoms with E-state index in [1.165, 1.54) is 30.4 Å². The van der Waals surface area contributed by atoms with Crippen molar-refractivity contribution in [3.63, 3.8) is 0 Å². The molecule has 1 aliphatic rings. The van der Waals surface area contributed by atoms with Crippen molar-refractivity contribution in [2.45, 2.75) is 13.8 Å². The molecule has 2 aromatic heterocycles. The number of Topliss-reactive ketones (excluding diaryl/α,β-unsaturated/α-hetero) is 1. The first-order chi connectivity index (χ1) is 14.9. The Kier molecular flexibility index (Phi) is 4.48. The summed E-state index contributed by atoms with van der Waals surface area (Å²) in [7, 11) is 0. The van der Waals surface area contributed by atoms with Crippen LogP contribution in [0.2, 0.25) is 0 Å². The van der Waals surface area contributed by atoms with Gasteiger partial charge in [-0.3, -0.25) is 9.59 Å². The van der Waals surface area contributed by atoms with Crippen LogP contribution in [0.15, 0.2) is 42.5 Å². The summed E-state index contributed by atoms with van der Waals surface area (Å²) in [6.07, 6.45) is 0. The Morgan fingerprint density at radius 1 is 1.13 bits per heavy atom. The highest BCUT2D eigenvalue weighted by molar-refractivity contribution is 7.20. The SMILES string of the molecule is CC(=O)c1cc2c(cc1NC(=O)c1cc3c(C)nn(-c4ccc(F)cc4)c3s1)OCO2. The lowest BCUT2D eigenvalue weighted by atomic mass is 10.1. The molecule has 4 aromatic rings. The summed E-state index contributed by atoms with van der Waals surface area (Å²) in [4.78, 5) is 26.3. The van der Waals surface area contributed by atoms with E-state index in [1.807, 2.05) is 6.92 Å². The number of ether oxygens (including phenoxy) is 2. The second-order valence-electron chi connectivity index (χ2n) is 7.06. The Labute approximate surface area is 180 Å². The van der Waals surface area contributed by atoms with Crippen LogP contribution in [0.5, 0.6) is 11.5 Å². The highest BCUT2D eigenvalue weighted by atomic mass is 32.1. The fourth-order valence-electron chi connectivity index (χ4n) is 3.44. The van der Waals surface area contributed by atoms with Crippen molar-refractivity contribution in [2.24, 2.45) is 0 Å². The Morgan fingerprint density at radius 3 is 2.55 bits per heavy atom. The second kappa shape index (κ2) is 7.21. The van der Waals surface area contributed by atoms with Crippen LogP contribution in [-0.4, -0.2) is 28.3 Å².